The highest BCUT2D eigenvalue weighted by Gasteiger charge is 2.05. The van der Waals surface area contributed by atoms with Crippen molar-refractivity contribution in [3.63, 3.8) is 0 Å². The Bertz CT molecular complexity index is 727. The Morgan fingerprint density at radius 2 is 2.11 bits per heavy atom. The third-order valence-corrected chi connectivity index (χ3v) is 2.28. The maximum Gasteiger partial charge on any atom is 0.281 e. The molecule has 0 unspecified atom stereocenters. The van der Waals surface area contributed by atoms with Crippen molar-refractivity contribution in [3.8, 4) is 0 Å². The van der Waals surface area contributed by atoms with Crippen LogP contribution in [-0.4, -0.2) is 16.0 Å². The van der Waals surface area contributed by atoms with E-state index >= 15 is 0 Å². The topological polar surface area (TPSA) is 123 Å². The highest BCUT2D eigenvalue weighted by atomic mass is 16.1. The van der Waals surface area contributed by atoms with Crippen molar-refractivity contribution in [2.45, 2.75) is 6.92 Å². The number of aromatic nitrogens is 2. The fourth-order valence-electron chi connectivity index (χ4n) is 1.44. The molecule has 0 spiro atoms. The van der Waals surface area contributed by atoms with Gasteiger partial charge in [0.05, 0.1) is 5.69 Å². The first-order valence-corrected chi connectivity index (χ1v) is 5.44. The second kappa shape index (κ2) is 5.16. The summed E-state index contributed by atoms with van der Waals surface area (Å²) in [5, 5.41) is 0. The molecule has 2 aromatic rings. The number of anilines is 2. The third kappa shape index (κ3) is 3.05. The zero-order chi connectivity index (χ0) is 13.8. The fraction of sp³-hybridized carbons (Fsp3) is 0.0833. The van der Waals surface area contributed by atoms with Crippen molar-refractivity contribution in [1.82, 2.24) is 9.97 Å². The highest BCUT2D eigenvalue weighted by molar-refractivity contribution is 5.64. The lowest BCUT2D eigenvalue weighted by Gasteiger charge is -1.97. The molecule has 0 fully saturated rings. The van der Waals surface area contributed by atoms with Crippen molar-refractivity contribution in [2.75, 3.05) is 11.5 Å². The summed E-state index contributed by atoms with van der Waals surface area (Å²) in [7, 11) is 0. The standard InChI is InChI=1S/C12H12N6O/c1-7-3-2-4-8(5-7)15-6-16-9-10(13)17-12(14)18-11(9)19/h2-5H,1H3,(H5,13,14,17,18,19). The molecule has 0 aliphatic rings. The molecular weight excluding hydrogens is 244 g/mol. The van der Waals surface area contributed by atoms with Gasteiger partial charge in [-0.05, 0) is 24.6 Å². The average Bonchev–Trinajstić information content (AvgIpc) is 2.32. The predicted molar refractivity (Wildman–Crippen MR) is 74.0 cm³/mol. The number of aryl methyl sites for hydroxylation is 1. The van der Waals surface area contributed by atoms with Gasteiger partial charge in [-0.15, -0.1) is 0 Å². The van der Waals surface area contributed by atoms with Crippen LogP contribution in [0, 0.1) is 6.92 Å². The summed E-state index contributed by atoms with van der Waals surface area (Å²) < 4.78 is 0. The van der Waals surface area contributed by atoms with Crippen molar-refractivity contribution in [2.24, 2.45) is 9.98 Å². The van der Waals surface area contributed by atoms with Crippen LogP contribution >= 0.6 is 0 Å². The van der Waals surface area contributed by atoms with Crippen LogP contribution in [0.15, 0.2) is 39.0 Å². The quantitative estimate of drug-likeness (QED) is 0.702. The number of nitrogens with zero attached hydrogens (tertiary/aromatic N) is 3. The Morgan fingerprint density at radius 1 is 1.32 bits per heavy atom. The normalized spacial score (nSPS) is 9.74. The number of nitrogens with two attached hydrogens (primary N) is 2. The summed E-state index contributed by atoms with van der Waals surface area (Å²) in [5.74, 6) is -0.120. The SMILES string of the molecule is Cc1cccc(N=C=Nc2c(N)nc(N)[nH]c2=O)c1. The molecule has 0 atom stereocenters. The van der Waals surface area contributed by atoms with E-state index in [0.29, 0.717) is 5.69 Å². The van der Waals surface area contributed by atoms with Gasteiger partial charge < -0.3 is 11.5 Å². The first-order valence-electron chi connectivity index (χ1n) is 5.44. The molecule has 0 amide bonds. The Balaban J connectivity index is 2.36. The average molecular weight is 256 g/mol. The van der Waals surface area contributed by atoms with Crippen LogP contribution < -0.4 is 17.0 Å². The van der Waals surface area contributed by atoms with Crippen LogP contribution in [0.4, 0.5) is 23.1 Å². The second-order valence-electron chi connectivity index (χ2n) is 3.85. The Hall–Kier alpha value is -2.92. The maximum atomic E-state index is 11.5. The van der Waals surface area contributed by atoms with Crippen LogP contribution in [0.2, 0.25) is 0 Å². The van der Waals surface area contributed by atoms with Crippen LogP contribution in [-0.2, 0) is 0 Å². The lowest BCUT2D eigenvalue weighted by atomic mass is 10.2. The predicted octanol–water partition coefficient (Wildman–Crippen LogP) is 1.38. The number of aromatic amines is 1. The molecule has 0 saturated carbocycles. The molecule has 7 heteroatoms. The van der Waals surface area contributed by atoms with Gasteiger partial charge in [0.25, 0.3) is 5.56 Å². The van der Waals surface area contributed by atoms with E-state index in [0.717, 1.165) is 5.56 Å². The van der Waals surface area contributed by atoms with Gasteiger partial charge in [-0.3, -0.25) is 9.78 Å². The molecule has 0 saturated heterocycles. The number of hydrogen-bond acceptors (Lipinski definition) is 6. The number of benzene rings is 1. The molecule has 0 aliphatic carbocycles. The number of nitrogens with one attached hydrogen (secondary N) is 1. The molecular formula is C12H12N6O. The third-order valence-electron chi connectivity index (χ3n) is 2.28. The lowest BCUT2D eigenvalue weighted by molar-refractivity contribution is 1.14. The molecule has 0 bridgehead atoms. The van der Waals surface area contributed by atoms with Gasteiger partial charge in [0.15, 0.2) is 11.5 Å². The van der Waals surface area contributed by atoms with Gasteiger partial charge in [0.1, 0.15) is 6.01 Å². The van der Waals surface area contributed by atoms with Crippen LogP contribution in [0.3, 0.4) is 0 Å². The minimum atomic E-state index is -0.531. The summed E-state index contributed by atoms with van der Waals surface area (Å²) in [6.07, 6.45) is 0. The smallest absolute Gasteiger partial charge is 0.281 e. The monoisotopic (exact) mass is 256 g/mol. The zero-order valence-electron chi connectivity index (χ0n) is 10.2. The summed E-state index contributed by atoms with van der Waals surface area (Å²) in [5.41, 5.74) is 12.0. The number of aliphatic imine (C=N–C) groups is 2. The number of hydrogen-bond donors (Lipinski definition) is 3. The summed E-state index contributed by atoms with van der Waals surface area (Å²) in [6, 6.07) is 9.88. The first kappa shape index (κ1) is 12.5. The first-order chi connectivity index (χ1) is 9.06. The second-order valence-corrected chi connectivity index (χ2v) is 3.85. The highest BCUT2D eigenvalue weighted by Crippen LogP contribution is 2.14. The van der Waals surface area contributed by atoms with Gasteiger partial charge in [-0.1, -0.05) is 12.1 Å². The zero-order valence-corrected chi connectivity index (χ0v) is 10.2. The minimum absolute atomic E-state index is 0.0583. The molecule has 1 aromatic heterocycles. The summed E-state index contributed by atoms with van der Waals surface area (Å²) in [6.45, 7) is 1.95. The van der Waals surface area contributed by atoms with Crippen molar-refractivity contribution in [3.05, 3.63) is 40.2 Å². The van der Waals surface area contributed by atoms with E-state index in [4.69, 9.17) is 11.5 Å². The van der Waals surface area contributed by atoms with Gasteiger partial charge in [0.2, 0.25) is 5.95 Å². The van der Waals surface area contributed by atoms with Crippen molar-refractivity contribution < 1.29 is 0 Å². The summed E-state index contributed by atoms with van der Waals surface area (Å²) >= 11 is 0. The van der Waals surface area contributed by atoms with Gasteiger partial charge in [-0.25, -0.2) is 0 Å². The van der Waals surface area contributed by atoms with E-state index in [1.165, 1.54) is 0 Å². The van der Waals surface area contributed by atoms with E-state index < -0.39 is 5.56 Å². The summed E-state index contributed by atoms with van der Waals surface area (Å²) in [4.78, 5) is 25.3. The lowest BCUT2D eigenvalue weighted by Crippen LogP contribution is -2.13. The molecule has 1 aromatic carbocycles. The largest absolute Gasteiger partial charge is 0.382 e. The van der Waals surface area contributed by atoms with Crippen LogP contribution in [0.1, 0.15) is 5.56 Å². The maximum absolute atomic E-state index is 11.5. The van der Waals surface area contributed by atoms with E-state index in [1.807, 2.05) is 25.1 Å². The molecule has 19 heavy (non-hydrogen) atoms. The molecule has 5 N–H and O–H groups in total. The Labute approximate surface area is 108 Å². The van der Waals surface area contributed by atoms with Crippen molar-refractivity contribution >= 4 is 29.1 Å². The molecule has 7 nitrogen and oxygen atoms in total. The molecule has 2 rings (SSSR count). The minimum Gasteiger partial charge on any atom is -0.382 e. The van der Waals surface area contributed by atoms with Crippen LogP contribution in [0.5, 0.6) is 0 Å². The number of nitrogen functional groups attached to an aromatic ring is 2. The van der Waals surface area contributed by atoms with Gasteiger partial charge in [-0.2, -0.15) is 15.0 Å². The van der Waals surface area contributed by atoms with Gasteiger partial charge >= 0.3 is 0 Å². The van der Waals surface area contributed by atoms with E-state index in [2.05, 4.69) is 26.0 Å². The van der Waals surface area contributed by atoms with E-state index in [9.17, 15) is 4.79 Å². The number of H-pyrrole nitrogens is 1. The molecule has 0 aliphatic heterocycles. The molecule has 0 radical (unpaired) electrons. The number of rotatable bonds is 2. The molecule has 96 valence electrons. The Kier molecular flexibility index (Phi) is 3.40. The molecule has 1 heterocycles. The van der Waals surface area contributed by atoms with Crippen molar-refractivity contribution in [1.29, 1.82) is 0 Å². The van der Waals surface area contributed by atoms with E-state index in [-0.39, 0.29) is 17.5 Å². The fourth-order valence-corrected chi connectivity index (χ4v) is 1.44. The Morgan fingerprint density at radius 3 is 2.79 bits per heavy atom. The van der Waals surface area contributed by atoms with Crippen LogP contribution in [0.25, 0.3) is 0 Å². The van der Waals surface area contributed by atoms with E-state index in [1.54, 1.807) is 6.07 Å². The van der Waals surface area contributed by atoms with Gasteiger partial charge in [0, 0.05) is 0 Å².